The molecule has 0 aliphatic carbocycles. The topological polar surface area (TPSA) is 40.5 Å². The van der Waals surface area contributed by atoms with E-state index in [0.29, 0.717) is 0 Å². The lowest BCUT2D eigenvalue weighted by molar-refractivity contribution is 0.411. The van der Waals surface area contributed by atoms with E-state index < -0.39 is 30.0 Å². The summed E-state index contributed by atoms with van der Waals surface area (Å²) in [7, 11) is -2.16. The Labute approximate surface area is 82.9 Å². The van der Waals surface area contributed by atoms with Gasteiger partial charge in [-0.3, -0.25) is 0 Å². The average Bonchev–Trinajstić information content (AvgIpc) is 2.14. The maximum Gasteiger partial charge on any atom is 0.491 e. The molecule has 0 aliphatic heterocycles. The molecular weight excluding hydrogens is 216 g/mol. The summed E-state index contributed by atoms with van der Waals surface area (Å²) in [5.41, 5.74) is -0.673. The first-order chi connectivity index (χ1) is 6.49. The number of halogens is 3. The van der Waals surface area contributed by atoms with Gasteiger partial charge in [-0.25, -0.2) is 13.2 Å². The Bertz CT molecular complexity index is 359. The van der Waals surface area contributed by atoms with E-state index in [0.717, 1.165) is 17.8 Å². The van der Waals surface area contributed by atoms with Gasteiger partial charge in [-0.15, -0.1) is 11.8 Å². The van der Waals surface area contributed by atoms with Crippen LogP contribution < -0.4 is 5.46 Å². The predicted octanol–water partition coefficient (Wildman–Crippen LogP) is 0.506. The van der Waals surface area contributed by atoms with Gasteiger partial charge in [0.2, 0.25) is 0 Å². The maximum atomic E-state index is 12.9. The van der Waals surface area contributed by atoms with Crippen molar-refractivity contribution in [3.05, 3.63) is 23.5 Å². The summed E-state index contributed by atoms with van der Waals surface area (Å²) < 4.78 is 38.6. The molecule has 0 heterocycles. The molecule has 0 fully saturated rings. The zero-order valence-electron chi connectivity index (χ0n) is 7.09. The highest BCUT2D eigenvalue weighted by molar-refractivity contribution is 7.98. The van der Waals surface area contributed by atoms with Gasteiger partial charge in [0.05, 0.1) is 0 Å². The Morgan fingerprint density at radius 1 is 1.14 bits per heavy atom. The van der Waals surface area contributed by atoms with Crippen LogP contribution in [-0.2, 0) is 0 Å². The maximum absolute atomic E-state index is 12.9. The Morgan fingerprint density at radius 2 is 1.71 bits per heavy atom. The summed E-state index contributed by atoms with van der Waals surface area (Å²) in [6, 6.07) is 0.864. The molecule has 2 nitrogen and oxygen atoms in total. The third-order valence-electron chi connectivity index (χ3n) is 1.64. The van der Waals surface area contributed by atoms with Crippen LogP contribution in [0.3, 0.4) is 0 Å². The van der Waals surface area contributed by atoms with E-state index in [1.54, 1.807) is 0 Å². The molecule has 0 aliphatic rings. The van der Waals surface area contributed by atoms with Crippen molar-refractivity contribution >= 4 is 24.3 Å². The van der Waals surface area contributed by atoms with E-state index in [2.05, 4.69) is 0 Å². The van der Waals surface area contributed by atoms with Gasteiger partial charge in [-0.1, -0.05) is 0 Å². The molecule has 1 aromatic carbocycles. The molecule has 0 aromatic heterocycles. The third-order valence-corrected chi connectivity index (χ3v) is 2.38. The van der Waals surface area contributed by atoms with E-state index in [1.165, 1.54) is 6.26 Å². The van der Waals surface area contributed by atoms with Crippen molar-refractivity contribution in [2.24, 2.45) is 0 Å². The lowest BCUT2D eigenvalue weighted by Crippen LogP contribution is -2.34. The van der Waals surface area contributed by atoms with Crippen molar-refractivity contribution in [1.82, 2.24) is 0 Å². The second-order valence-corrected chi connectivity index (χ2v) is 3.33. The quantitative estimate of drug-likeness (QED) is 0.435. The highest BCUT2D eigenvalue weighted by Gasteiger charge is 2.24. The van der Waals surface area contributed by atoms with Crippen molar-refractivity contribution < 1.29 is 23.2 Å². The summed E-state index contributed by atoms with van der Waals surface area (Å²) in [6.45, 7) is 0. The molecule has 7 heteroatoms. The van der Waals surface area contributed by atoms with Gasteiger partial charge in [0, 0.05) is 10.4 Å². The average molecular weight is 222 g/mol. The van der Waals surface area contributed by atoms with Gasteiger partial charge in [0.1, 0.15) is 0 Å². The minimum atomic E-state index is -2.16. The van der Waals surface area contributed by atoms with Gasteiger partial charge >= 0.3 is 7.12 Å². The van der Waals surface area contributed by atoms with Crippen LogP contribution >= 0.6 is 11.8 Å². The molecule has 0 radical (unpaired) electrons. The van der Waals surface area contributed by atoms with Crippen LogP contribution in [0.15, 0.2) is 11.0 Å². The van der Waals surface area contributed by atoms with Crippen LogP contribution in [0.4, 0.5) is 13.2 Å². The molecule has 0 spiro atoms. The lowest BCUT2D eigenvalue weighted by atomic mass is 9.80. The summed E-state index contributed by atoms with van der Waals surface area (Å²) in [6.07, 6.45) is 1.46. The Hall–Kier alpha value is -0.655. The summed E-state index contributed by atoms with van der Waals surface area (Å²) in [4.78, 5) is -0.174. The fraction of sp³-hybridized carbons (Fsp3) is 0.143. The number of hydrogen-bond acceptors (Lipinski definition) is 3. The molecule has 0 atom stereocenters. The van der Waals surface area contributed by atoms with Gasteiger partial charge < -0.3 is 10.0 Å². The highest BCUT2D eigenvalue weighted by atomic mass is 32.2. The fourth-order valence-electron chi connectivity index (χ4n) is 0.936. The molecule has 0 bridgehead atoms. The first kappa shape index (κ1) is 11.4. The van der Waals surface area contributed by atoms with Gasteiger partial charge in [0.25, 0.3) is 0 Å². The third kappa shape index (κ3) is 1.89. The molecule has 1 aromatic rings. The van der Waals surface area contributed by atoms with Crippen molar-refractivity contribution in [3.8, 4) is 0 Å². The molecule has 14 heavy (non-hydrogen) atoms. The number of rotatable bonds is 2. The molecule has 0 amide bonds. The van der Waals surface area contributed by atoms with Crippen LogP contribution in [0.1, 0.15) is 0 Å². The lowest BCUT2D eigenvalue weighted by Gasteiger charge is -2.06. The zero-order valence-corrected chi connectivity index (χ0v) is 7.91. The summed E-state index contributed by atoms with van der Waals surface area (Å²) in [5, 5.41) is 17.3. The van der Waals surface area contributed by atoms with Crippen LogP contribution in [0.25, 0.3) is 0 Å². The van der Waals surface area contributed by atoms with Gasteiger partial charge in [-0.05, 0) is 12.3 Å². The largest absolute Gasteiger partial charge is 0.491 e. The van der Waals surface area contributed by atoms with E-state index in [1.807, 2.05) is 0 Å². The van der Waals surface area contributed by atoms with E-state index in [4.69, 9.17) is 10.0 Å². The van der Waals surface area contributed by atoms with E-state index >= 15 is 0 Å². The van der Waals surface area contributed by atoms with E-state index in [9.17, 15) is 13.2 Å². The van der Waals surface area contributed by atoms with Crippen LogP contribution in [-0.4, -0.2) is 23.4 Å². The fourth-order valence-corrected chi connectivity index (χ4v) is 1.45. The zero-order chi connectivity index (χ0) is 10.9. The molecule has 0 saturated heterocycles. The molecule has 2 N–H and O–H groups in total. The van der Waals surface area contributed by atoms with Crippen LogP contribution in [0.5, 0.6) is 0 Å². The molecule has 0 unspecified atom stereocenters. The Morgan fingerprint density at radius 3 is 2.14 bits per heavy atom. The Kier molecular flexibility index (Phi) is 3.46. The van der Waals surface area contributed by atoms with Crippen LogP contribution in [0, 0.1) is 17.5 Å². The second-order valence-electron chi connectivity index (χ2n) is 2.48. The smallest absolute Gasteiger partial charge is 0.423 e. The van der Waals surface area contributed by atoms with Crippen molar-refractivity contribution in [2.45, 2.75) is 4.90 Å². The molecule has 1 rings (SSSR count). The molecule has 76 valence electrons. The second kappa shape index (κ2) is 4.25. The van der Waals surface area contributed by atoms with Gasteiger partial charge in [-0.2, -0.15) is 0 Å². The number of thioether (sulfide) groups is 1. The molecule has 0 saturated carbocycles. The van der Waals surface area contributed by atoms with Crippen LogP contribution in [0.2, 0.25) is 0 Å². The number of hydrogen-bond donors (Lipinski definition) is 2. The monoisotopic (exact) mass is 222 g/mol. The molecular formula is C7H6BF3O2S. The van der Waals surface area contributed by atoms with E-state index in [-0.39, 0.29) is 4.90 Å². The Balaban J connectivity index is 3.40. The number of benzene rings is 1. The van der Waals surface area contributed by atoms with Crippen molar-refractivity contribution in [3.63, 3.8) is 0 Å². The summed E-state index contributed by atoms with van der Waals surface area (Å²) in [5.74, 6) is -4.59. The first-order valence-corrected chi connectivity index (χ1v) is 4.79. The van der Waals surface area contributed by atoms with Crippen molar-refractivity contribution in [2.75, 3.05) is 6.26 Å². The highest BCUT2D eigenvalue weighted by Crippen LogP contribution is 2.21. The minimum absolute atomic E-state index is 0.174. The summed E-state index contributed by atoms with van der Waals surface area (Å²) >= 11 is 0.846. The minimum Gasteiger partial charge on any atom is -0.423 e. The SMILES string of the molecule is CSc1cc(B(O)O)c(F)c(F)c1F. The standard InChI is InChI=1S/C7H6BF3O2S/c1-14-4-2-3(8(12)13)5(9)7(11)6(4)10/h2,12-13H,1H3. The van der Waals surface area contributed by atoms with Gasteiger partial charge in [0.15, 0.2) is 17.5 Å². The predicted molar refractivity (Wildman–Crippen MR) is 47.9 cm³/mol. The van der Waals surface area contributed by atoms with Crippen molar-refractivity contribution in [1.29, 1.82) is 0 Å². The normalized spacial score (nSPS) is 10.4. The first-order valence-electron chi connectivity index (χ1n) is 3.56.